The second-order valence-electron chi connectivity index (χ2n) is 4.25. The van der Waals surface area contributed by atoms with Crippen molar-refractivity contribution in [2.75, 3.05) is 19.1 Å². The molecule has 0 aromatic heterocycles. The van der Waals surface area contributed by atoms with Crippen LogP contribution < -0.4 is 0 Å². The lowest BCUT2D eigenvalue weighted by molar-refractivity contribution is 0.281. The predicted molar refractivity (Wildman–Crippen MR) is 75.1 cm³/mol. The van der Waals surface area contributed by atoms with Crippen molar-refractivity contribution >= 4 is 21.8 Å². The Morgan fingerprint density at radius 3 is 2.58 bits per heavy atom. The van der Waals surface area contributed by atoms with E-state index in [-0.39, 0.29) is 17.5 Å². The second-order valence-corrected chi connectivity index (χ2v) is 7.13. The fourth-order valence-corrected chi connectivity index (χ4v) is 3.79. The summed E-state index contributed by atoms with van der Waals surface area (Å²) >= 11 is 1.53. The molecule has 1 N–H and O–H groups in total. The number of thioether (sulfide) groups is 1. The van der Waals surface area contributed by atoms with Gasteiger partial charge in [0.25, 0.3) is 0 Å². The molecular weight excluding hydrogens is 289 g/mol. The molecule has 0 spiro atoms. The highest BCUT2D eigenvalue weighted by Gasteiger charge is 2.27. The zero-order valence-corrected chi connectivity index (χ0v) is 12.8. The van der Waals surface area contributed by atoms with Crippen LogP contribution in [0.3, 0.4) is 0 Å². The molecule has 108 valence electrons. The summed E-state index contributed by atoms with van der Waals surface area (Å²) in [5, 5.41) is 8.89. The molecule has 0 radical (unpaired) electrons. The summed E-state index contributed by atoms with van der Waals surface area (Å²) in [6.07, 6.45) is 1.88. The maximum atomic E-state index is 13.8. The quantitative estimate of drug-likeness (QED) is 0.869. The Bertz CT molecular complexity index is 534. The van der Waals surface area contributed by atoms with E-state index in [1.807, 2.05) is 6.26 Å². The molecule has 0 bridgehead atoms. The Labute approximate surface area is 117 Å². The molecule has 1 atom stereocenters. The van der Waals surface area contributed by atoms with Gasteiger partial charge in [0.15, 0.2) is 0 Å². The minimum Gasteiger partial charge on any atom is -0.392 e. The maximum Gasteiger partial charge on any atom is 0.246 e. The van der Waals surface area contributed by atoms with Gasteiger partial charge in [-0.05, 0) is 30.9 Å². The predicted octanol–water partition coefficient (Wildman–Crippen LogP) is 1.69. The standard InChI is InChI=1S/C12H18FNO3S2/c1-9(8-18-3)14(2)19(16,17)12-5-4-10(7-15)6-11(12)13/h4-6,9,15H,7-8H2,1-3H3. The summed E-state index contributed by atoms with van der Waals surface area (Å²) in [6, 6.07) is 3.42. The zero-order valence-electron chi connectivity index (χ0n) is 11.1. The first-order chi connectivity index (χ1) is 8.84. The maximum absolute atomic E-state index is 13.8. The molecule has 4 nitrogen and oxygen atoms in total. The highest BCUT2D eigenvalue weighted by atomic mass is 32.2. The van der Waals surface area contributed by atoms with E-state index < -0.39 is 15.8 Å². The number of nitrogens with zero attached hydrogens (tertiary/aromatic N) is 1. The van der Waals surface area contributed by atoms with Gasteiger partial charge in [-0.2, -0.15) is 16.1 Å². The van der Waals surface area contributed by atoms with E-state index >= 15 is 0 Å². The van der Waals surface area contributed by atoms with Gasteiger partial charge in [0.05, 0.1) is 6.61 Å². The molecule has 0 heterocycles. The van der Waals surface area contributed by atoms with Gasteiger partial charge >= 0.3 is 0 Å². The molecule has 0 saturated heterocycles. The van der Waals surface area contributed by atoms with E-state index in [1.165, 1.54) is 35.2 Å². The van der Waals surface area contributed by atoms with Crippen LogP contribution in [0.15, 0.2) is 23.1 Å². The summed E-state index contributed by atoms with van der Waals surface area (Å²) in [5.41, 5.74) is 0.344. The van der Waals surface area contributed by atoms with E-state index in [0.717, 1.165) is 6.07 Å². The number of hydrogen-bond acceptors (Lipinski definition) is 4. The summed E-state index contributed by atoms with van der Waals surface area (Å²) in [7, 11) is -2.41. The lowest BCUT2D eigenvalue weighted by Gasteiger charge is -2.24. The van der Waals surface area contributed by atoms with Crippen molar-refractivity contribution < 1.29 is 17.9 Å². The van der Waals surface area contributed by atoms with E-state index in [1.54, 1.807) is 6.92 Å². The number of hydrogen-bond donors (Lipinski definition) is 1. The molecule has 0 amide bonds. The average molecular weight is 307 g/mol. The summed E-state index contributed by atoms with van der Waals surface area (Å²) in [6.45, 7) is 1.45. The van der Waals surface area contributed by atoms with Crippen molar-refractivity contribution in [2.45, 2.75) is 24.5 Å². The molecule has 19 heavy (non-hydrogen) atoms. The van der Waals surface area contributed by atoms with Crippen LogP contribution in [0, 0.1) is 5.82 Å². The minimum absolute atomic E-state index is 0.225. The number of aliphatic hydroxyl groups excluding tert-OH is 1. The zero-order chi connectivity index (χ0) is 14.6. The molecular formula is C12H18FNO3S2. The van der Waals surface area contributed by atoms with Crippen molar-refractivity contribution in [3.63, 3.8) is 0 Å². The molecule has 0 aliphatic heterocycles. The van der Waals surface area contributed by atoms with Crippen LogP contribution in [0.2, 0.25) is 0 Å². The molecule has 1 unspecified atom stereocenters. The number of halogens is 1. The largest absolute Gasteiger partial charge is 0.392 e. The van der Waals surface area contributed by atoms with Crippen LogP contribution in [-0.4, -0.2) is 42.9 Å². The molecule has 7 heteroatoms. The Morgan fingerprint density at radius 2 is 2.11 bits per heavy atom. The Morgan fingerprint density at radius 1 is 1.47 bits per heavy atom. The van der Waals surface area contributed by atoms with Crippen molar-refractivity contribution in [1.29, 1.82) is 0 Å². The Hall–Kier alpha value is -0.630. The SMILES string of the molecule is CSCC(C)N(C)S(=O)(=O)c1ccc(CO)cc1F. The number of sulfonamides is 1. The third-order valence-electron chi connectivity index (χ3n) is 2.86. The fourth-order valence-electron chi connectivity index (χ4n) is 1.59. The van der Waals surface area contributed by atoms with Crippen LogP contribution in [0.5, 0.6) is 0 Å². The van der Waals surface area contributed by atoms with Gasteiger partial charge in [-0.3, -0.25) is 0 Å². The summed E-state index contributed by atoms with van der Waals surface area (Å²) in [5.74, 6) is -0.207. The average Bonchev–Trinajstić information content (AvgIpc) is 2.37. The molecule has 0 fully saturated rings. The fraction of sp³-hybridized carbons (Fsp3) is 0.500. The van der Waals surface area contributed by atoms with E-state index in [2.05, 4.69) is 0 Å². The van der Waals surface area contributed by atoms with Crippen LogP contribution >= 0.6 is 11.8 Å². The van der Waals surface area contributed by atoms with Gasteiger partial charge in [-0.1, -0.05) is 6.07 Å². The molecule has 0 aliphatic carbocycles. The van der Waals surface area contributed by atoms with E-state index in [4.69, 9.17) is 5.11 Å². The molecule has 0 aliphatic rings. The van der Waals surface area contributed by atoms with Gasteiger partial charge in [-0.15, -0.1) is 0 Å². The third-order valence-corrected chi connectivity index (χ3v) is 5.69. The van der Waals surface area contributed by atoms with Gasteiger partial charge < -0.3 is 5.11 Å². The lowest BCUT2D eigenvalue weighted by atomic mass is 10.2. The molecule has 1 aromatic rings. The number of benzene rings is 1. The first-order valence-corrected chi connectivity index (χ1v) is 8.54. The normalized spacial score (nSPS) is 13.8. The summed E-state index contributed by atoms with van der Waals surface area (Å²) in [4.78, 5) is -0.361. The number of aliphatic hydroxyl groups is 1. The lowest BCUT2D eigenvalue weighted by Crippen LogP contribution is -2.37. The second kappa shape index (κ2) is 6.69. The smallest absolute Gasteiger partial charge is 0.246 e. The van der Waals surface area contributed by atoms with Crippen molar-refractivity contribution in [3.05, 3.63) is 29.6 Å². The van der Waals surface area contributed by atoms with Crippen LogP contribution in [-0.2, 0) is 16.6 Å². The van der Waals surface area contributed by atoms with Gasteiger partial charge in [0.1, 0.15) is 10.7 Å². The topological polar surface area (TPSA) is 57.6 Å². The van der Waals surface area contributed by atoms with Crippen LogP contribution in [0.1, 0.15) is 12.5 Å². The van der Waals surface area contributed by atoms with Crippen LogP contribution in [0.25, 0.3) is 0 Å². The van der Waals surface area contributed by atoms with Crippen molar-refractivity contribution in [3.8, 4) is 0 Å². The van der Waals surface area contributed by atoms with Gasteiger partial charge in [-0.25, -0.2) is 12.8 Å². The van der Waals surface area contributed by atoms with Crippen molar-refractivity contribution in [1.82, 2.24) is 4.31 Å². The van der Waals surface area contributed by atoms with Crippen LogP contribution in [0.4, 0.5) is 4.39 Å². The minimum atomic E-state index is -3.85. The highest BCUT2D eigenvalue weighted by Crippen LogP contribution is 2.22. The van der Waals surface area contributed by atoms with E-state index in [0.29, 0.717) is 11.3 Å². The van der Waals surface area contributed by atoms with Gasteiger partial charge in [0.2, 0.25) is 10.0 Å². The number of rotatable bonds is 6. The Kier molecular flexibility index (Phi) is 5.79. The van der Waals surface area contributed by atoms with E-state index in [9.17, 15) is 12.8 Å². The Balaban J connectivity index is 3.13. The monoisotopic (exact) mass is 307 g/mol. The highest BCUT2D eigenvalue weighted by molar-refractivity contribution is 7.98. The van der Waals surface area contributed by atoms with Crippen molar-refractivity contribution in [2.24, 2.45) is 0 Å². The summed E-state index contributed by atoms with van der Waals surface area (Å²) < 4.78 is 39.6. The molecule has 1 aromatic carbocycles. The molecule has 0 saturated carbocycles. The first kappa shape index (κ1) is 16.4. The van der Waals surface area contributed by atoms with Gasteiger partial charge in [0, 0.05) is 18.8 Å². The first-order valence-electron chi connectivity index (χ1n) is 5.70. The third kappa shape index (κ3) is 3.68. The molecule has 1 rings (SSSR count).